The molecule has 0 atom stereocenters. The molecule has 0 saturated heterocycles. The second kappa shape index (κ2) is 4.88. The second-order valence-electron chi connectivity index (χ2n) is 3.23. The lowest BCUT2D eigenvalue weighted by molar-refractivity contribution is 0.383. The van der Waals surface area contributed by atoms with Crippen molar-refractivity contribution >= 4 is 17.6 Å². The quantitative estimate of drug-likeness (QED) is 0.497. The van der Waals surface area contributed by atoms with Gasteiger partial charge in [-0.3, -0.25) is 4.79 Å². The molecule has 2 rings (SSSR count). The first-order valence-electron chi connectivity index (χ1n) is 4.63. The highest BCUT2D eigenvalue weighted by Gasteiger charge is 2.22. The van der Waals surface area contributed by atoms with Crippen LogP contribution < -0.4 is 11.3 Å². The summed E-state index contributed by atoms with van der Waals surface area (Å²) in [6.45, 7) is 0. The molecule has 100 valence electrons. The maximum Gasteiger partial charge on any atom is 0.253 e. The average molecular weight is 292 g/mol. The van der Waals surface area contributed by atoms with E-state index in [1.165, 1.54) is 0 Å². The average Bonchev–Trinajstić information content (AvgIpc) is 2.31. The summed E-state index contributed by atoms with van der Waals surface area (Å²) in [7, 11) is 0. The van der Waals surface area contributed by atoms with Crippen LogP contribution in [-0.2, 0) is 0 Å². The first-order chi connectivity index (χ1) is 8.88. The highest BCUT2D eigenvalue weighted by molar-refractivity contribution is 7.99. The lowest BCUT2D eigenvalue weighted by Crippen LogP contribution is -2.10. The maximum absolute atomic E-state index is 13.3. The number of hydrogen-bond acceptors (Lipinski definition) is 5. The van der Waals surface area contributed by atoms with Gasteiger partial charge in [-0.15, -0.1) is 0 Å². The lowest BCUT2D eigenvalue weighted by atomic mass is 10.4. The Morgan fingerprint density at radius 2 is 1.68 bits per heavy atom. The molecule has 0 aliphatic heterocycles. The SMILES string of the molecule is Nc1cc(=O)[nH]c(Sc2c(F)c(F)nc(F)c2F)n1. The zero-order valence-electron chi connectivity index (χ0n) is 8.88. The van der Waals surface area contributed by atoms with Gasteiger partial charge in [0.1, 0.15) is 5.82 Å². The Morgan fingerprint density at radius 3 is 2.21 bits per heavy atom. The number of rotatable bonds is 2. The largest absolute Gasteiger partial charge is 0.383 e. The number of anilines is 1. The van der Waals surface area contributed by atoms with Crippen molar-refractivity contribution in [2.45, 2.75) is 10.1 Å². The number of nitrogens with one attached hydrogen (secondary N) is 1. The summed E-state index contributed by atoms with van der Waals surface area (Å²) in [6, 6.07) is 0.935. The van der Waals surface area contributed by atoms with Crippen LogP contribution in [0.2, 0.25) is 0 Å². The second-order valence-corrected chi connectivity index (χ2v) is 4.23. The van der Waals surface area contributed by atoms with E-state index in [9.17, 15) is 22.4 Å². The third-order valence-electron chi connectivity index (χ3n) is 1.90. The van der Waals surface area contributed by atoms with Crippen LogP contribution in [0.4, 0.5) is 23.4 Å². The topological polar surface area (TPSA) is 84.7 Å². The molecule has 0 aliphatic rings. The summed E-state index contributed by atoms with van der Waals surface area (Å²) in [5.41, 5.74) is 4.58. The number of pyridine rings is 1. The molecule has 0 unspecified atom stereocenters. The van der Waals surface area contributed by atoms with Crippen LogP contribution in [0.25, 0.3) is 0 Å². The molecule has 0 saturated carbocycles. The predicted molar refractivity (Wildman–Crippen MR) is 57.5 cm³/mol. The molecule has 2 aromatic heterocycles. The summed E-state index contributed by atoms with van der Waals surface area (Å²) in [4.78, 5) is 18.1. The van der Waals surface area contributed by atoms with Crippen molar-refractivity contribution in [3.05, 3.63) is 40.0 Å². The molecule has 10 heteroatoms. The zero-order chi connectivity index (χ0) is 14.2. The highest BCUT2D eigenvalue weighted by Crippen LogP contribution is 2.31. The molecule has 5 nitrogen and oxygen atoms in total. The van der Waals surface area contributed by atoms with Crippen molar-refractivity contribution < 1.29 is 17.6 Å². The normalized spacial score (nSPS) is 10.7. The third-order valence-corrected chi connectivity index (χ3v) is 2.85. The Labute approximate surface area is 106 Å². The molecule has 2 heterocycles. The Hall–Kier alpha value is -2.10. The van der Waals surface area contributed by atoms with Crippen LogP contribution in [0, 0.1) is 23.5 Å². The van der Waals surface area contributed by atoms with Crippen LogP contribution in [0.15, 0.2) is 20.9 Å². The summed E-state index contributed by atoms with van der Waals surface area (Å²) in [6.07, 6.45) is 0. The first-order valence-corrected chi connectivity index (χ1v) is 5.45. The molecule has 0 radical (unpaired) electrons. The van der Waals surface area contributed by atoms with Gasteiger partial charge in [0.05, 0.1) is 4.90 Å². The van der Waals surface area contributed by atoms with E-state index < -0.39 is 34.0 Å². The van der Waals surface area contributed by atoms with Crippen molar-refractivity contribution in [2.75, 3.05) is 5.73 Å². The molecule has 19 heavy (non-hydrogen) atoms. The molecule has 0 fully saturated rings. The van der Waals surface area contributed by atoms with Crippen molar-refractivity contribution in [3.63, 3.8) is 0 Å². The summed E-state index contributed by atoms with van der Waals surface area (Å²) >= 11 is 0.181. The van der Waals surface area contributed by atoms with Gasteiger partial charge in [0, 0.05) is 6.07 Å². The van der Waals surface area contributed by atoms with Gasteiger partial charge in [-0.1, -0.05) is 0 Å². The highest BCUT2D eigenvalue weighted by atomic mass is 32.2. The molecule has 2 aromatic rings. The molecule has 0 amide bonds. The van der Waals surface area contributed by atoms with E-state index in [4.69, 9.17) is 5.73 Å². The minimum absolute atomic E-state index is 0.181. The van der Waals surface area contributed by atoms with Crippen LogP contribution in [0.5, 0.6) is 0 Å². The fourth-order valence-corrected chi connectivity index (χ4v) is 2.00. The number of hydrogen-bond donors (Lipinski definition) is 2. The number of nitrogen functional groups attached to an aromatic ring is 1. The van der Waals surface area contributed by atoms with Crippen molar-refractivity contribution in [3.8, 4) is 0 Å². The summed E-state index contributed by atoms with van der Waals surface area (Å²) in [5.74, 6) is -7.18. The number of nitrogens with zero attached hydrogens (tertiary/aromatic N) is 2. The fourth-order valence-electron chi connectivity index (χ4n) is 1.16. The van der Waals surface area contributed by atoms with Gasteiger partial charge in [-0.25, -0.2) is 13.8 Å². The molecule has 0 aromatic carbocycles. The van der Waals surface area contributed by atoms with Gasteiger partial charge in [0.15, 0.2) is 16.8 Å². The maximum atomic E-state index is 13.3. The standard InChI is InChI=1S/C9H4F4N4OS/c10-4-6(5(11)8(13)17-7(4)12)19-9-15-2(14)1-3(18)16-9/h1H,(H3,14,15,16,18). The molecule has 0 spiro atoms. The molecular weight excluding hydrogens is 288 g/mol. The molecular formula is C9H4F4N4OS. The van der Waals surface area contributed by atoms with E-state index in [-0.39, 0.29) is 22.7 Å². The Bertz CT molecular complexity index is 679. The van der Waals surface area contributed by atoms with E-state index in [0.29, 0.717) is 0 Å². The van der Waals surface area contributed by atoms with E-state index in [2.05, 4.69) is 15.0 Å². The Morgan fingerprint density at radius 1 is 1.11 bits per heavy atom. The smallest absolute Gasteiger partial charge is 0.253 e. The van der Waals surface area contributed by atoms with Gasteiger partial charge in [0.2, 0.25) is 0 Å². The van der Waals surface area contributed by atoms with Crippen molar-refractivity contribution in [1.29, 1.82) is 0 Å². The van der Waals surface area contributed by atoms with Crippen molar-refractivity contribution in [2.24, 2.45) is 0 Å². The number of nitrogens with two attached hydrogens (primary N) is 1. The van der Waals surface area contributed by atoms with Gasteiger partial charge < -0.3 is 10.7 Å². The van der Waals surface area contributed by atoms with Gasteiger partial charge in [0.25, 0.3) is 17.5 Å². The van der Waals surface area contributed by atoms with E-state index >= 15 is 0 Å². The monoisotopic (exact) mass is 292 g/mol. The third kappa shape index (κ3) is 2.67. The van der Waals surface area contributed by atoms with Crippen LogP contribution >= 0.6 is 11.8 Å². The fraction of sp³-hybridized carbons (Fsp3) is 0. The van der Waals surface area contributed by atoms with E-state index in [0.717, 1.165) is 6.07 Å². The molecule has 3 N–H and O–H groups in total. The van der Waals surface area contributed by atoms with E-state index in [1.807, 2.05) is 0 Å². The van der Waals surface area contributed by atoms with Gasteiger partial charge >= 0.3 is 0 Å². The Balaban J connectivity index is 2.52. The Kier molecular flexibility index (Phi) is 3.42. The minimum Gasteiger partial charge on any atom is -0.383 e. The predicted octanol–water partition coefficient (Wildman–Crippen LogP) is 1.45. The zero-order valence-corrected chi connectivity index (χ0v) is 9.69. The molecule has 0 bridgehead atoms. The van der Waals surface area contributed by atoms with Crippen LogP contribution in [-0.4, -0.2) is 15.0 Å². The van der Waals surface area contributed by atoms with E-state index in [1.54, 1.807) is 0 Å². The first kappa shape index (κ1) is 13.3. The van der Waals surface area contributed by atoms with Gasteiger partial charge in [-0.05, 0) is 11.8 Å². The number of H-pyrrole nitrogens is 1. The van der Waals surface area contributed by atoms with Gasteiger partial charge in [-0.2, -0.15) is 13.8 Å². The lowest BCUT2D eigenvalue weighted by Gasteiger charge is -2.05. The minimum atomic E-state index is -1.80. The van der Waals surface area contributed by atoms with Crippen LogP contribution in [0.1, 0.15) is 0 Å². The number of aromatic nitrogens is 3. The van der Waals surface area contributed by atoms with Crippen molar-refractivity contribution in [1.82, 2.24) is 15.0 Å². The summed E-state index contributed by atoms with van der Waals surface area (Å²) < 4.78 is 52.3. The number of halogens is 4. The summed E-state index contributed by atoms with van der Waals surface area (Å²) in [5, 5.41) is -0.312. The number of aromatic amines is 1. The molecule has 0 aliphatic carbocycles. The van der Waals surface area contributed by atoms with Crippen LogP contribution in [0.3, 0.4) is 0 Å².